The Kier molecular flexibility index (Phi) is 5.01. The lowest BCUT2D eigenvalue weighted by Gasteiger charge is -2.34. The Balaban J connectivity index is 1.39. The molecule has 2 fully saturated rings. The maximum atomic E-state index is 11.8. The third-order valence-corrected chi connectivity index (χ3v) is 7.28. The molecule has 2 saturated heterocycles. The first-order chi connectivity index (χ1) is 16.6. The lowest BCUT2D eigenvalue weighted by Crippen LogP contribution is -2.47. The second-order valence-electron chi connectivity index (χ2n) is 9.26. The number of hydrogen-bond donors (Lipinski definition) is 2. The van der Waals surface area contributed by atoms with Gasteiger partial charge in [-0.15, -0.1) is 0 Å². The topological polar surface area (TPSA) is 105 Å². The van der Waals surface area contributed by atoms with Gasteiger partial charge >= 0.3 is 6.09 Å². The van der Waals surface area contributed by atoms with Gasteiger partial charge in [0.1, 0.15) is 11.6 Å². The zero-order chi connectivity index (χ0) is 23.2. The lowest BCUT2D eigenvalue weighted by molar-refractivity contribution is 0.0965. The monoisotopic (exact) mass is 457 g/mol. The summed E-state index contributed by atoms with van der Waals surface area (Å²) >= 11 is 0. The molecule has 2 aromatic carbocycles. The predicted octanol–water partition coefficient (Wildman–Crippen LogP) is 3.91. The van der Waals surface area contributed by atoms with Crippen molar-refractivity contribution >= 4 is 17.9 Å². The van der Waals surface area contributed by atoms with Gasteiger partial charge in [0.15, 0.2) is 0 Å². The molecule has 2 atom stereocenters. The summed E-state index contributed by atoms with van der Waals surface area (Å²) in [6.45, 7) is 2.51. The molecule has 0 spiro atoms. The van der Waals surface area contributed by atoms with Gasteiger partial charge in [0.05, 0.1) is 18.3 Å². The molecular weight excluding hydrogens is 430 g/mol. The van der Waals surface area contributed by atoms with E-state index in [-0.39, 0.29) is 12.0 Å². The van der Waals surface area contributed by atoms with Crippen molar-refractivity contribution in [3.63, 3.8) is 0 Å². The Morgan fingerprint density at radius 1 is 1.09 bits per heavy atom. The molecule has 6 rings (SSSR count). The van der Waals surface area contributed by atoms with Gasteiger partial charge in [0.2, 0.25) is 5.95 Å². The van der Waals surface area contributed by atoms with Gasteiger partial charge in [-0.1, -0.05) is 36.4 Å². The number of benzene rings is 2. The van der Waals surface area contributed by atoms with Crippen LogP contribution in [0.3, 0.4) is 0 Å². The number of fused-ring (bicyclic) bond motifs is 4. The maximum Gasteiger partial charge on any atom is 0.407 e. The molecule has 8 nitrogen and oxygen atoms in total. The number of carboxylic acid groups (broad SMARTS) is 1. The number of ether oxygens (including phenoxy) is 1. The van der Waals surface area contributed by atoms with E-state index in [9.17, 15) is 9.90 Å². The molecule has 3 aliphatic heterocycles. The van der Waals surface area contributed by atoms with Crippen LogP contribution in [-0.2, 0) is 6.42 Å². The van der Waals surface area contributed by atoms with Gasteiger partial charge in [-0.25, -0.2) is 9.78 Å². The van der Waals surface area contributed by atoms with Crippen LogP contribution in [0, 0.1) is 5.92 Å². The van der Waals surface area contributed by atoms with Crippen molar-refractivity contribution in [3.05, 3.63) is 54.1 Å². The van der Waals surface area contributed by atoms with Crippen molar-refractivity contribution in [1.82, 2.24) is 14.9 Å². The van der Waals surface area contributed by atoms with Crippen molar-refractivity contribution in [2.24, 2.45) is 5.92 Å². The number of aromatic nitrogens is 2. The van der Waals surface area contributed by atoms with E-state index < -0.39 is 6.09 Å². The molecule has 2 unspecified atom stereocenters. The van der Waals surface area contributed by atoms with Gasteiger partial charge in [-0.3, -0.25) is 0 Å². The molecule has 1 amide bonds. The van der Waals surface area contributed by atoms with Crippen molar-refractivity contribution in [1.29, 1.82) is 0 Å². The summed E-state index contributed by atoms with van der Waals surface area (Å²) in [6.07, 6.45) is 1.75. The first-order valence-corrected chi connectivity index (χ1v) is 11.8. The smallest absolute Gasteiger partial charge is 0.407 e. The Labute approximate surface area is 198 Å². The highest BCUT2D eigenvalue weighted by Crippen LogP contribution is 2.42. The van der Waals surface area contributed by atoms with E-state index in [1.54, 1.807) is 4.90 Å². The summed E-state index contributed by atoms with van der Waals surface area (Å²) in [4.78, 5) is 24.9. The minimum absolute atomic E-state index is 0.0131. The molecule has 4 heterocycles. The highest BCUT2D eigenvalue weighted by Gasteiger charge is 2.42. The van der Waals surface area contributed by atoms with E-state index >= 15 is 0 Å². The van der Waals surface area contributed by atoms with E-state index in [0.29, 0.717) is 32.0 Å². The van der Waals surface area contributed by atoms with Crippen LogP contribution >= 0.6 is 0 Å². The second kappa shape index (κ2) is 8.20. The Morgan fingerprint density at radius 2 is 1.94 bits per heavy atom. The van der Waals surface area contributed by atoms with Gasteiger partial charge in [-0.05, 0) is 42.0 Å². The number of hydrogen-bond acceptors (Lipinski definition) is 6. The standard InChI is InChI=1S/C26H27N5O3/c27-25-28-23-19-9-8-17(16-5-2-1-3-6-16)13-22(19)34-12-10-20(23)24(29-25)30-14-18-7-4-11-31(26(32)33)21(18)15-30/h1-3,5-6,8-9,13,18,21H,4,7,10-12,14-15H2,(H,32,33)(H2,27,28,29). The maximum absolute atomic E-state index is 11.8. The fraction of sp³-hybridized carbons (Fsp3) is 0.346. The normalized spacial score (nSPS) is 21.2. The van der Waals surface area contributed by atoms with E-state index in [4.69, 9.17) is 10.5 Å². The zero-order valence-corrected chi connectivity index (χ0v) is 18.9. The van der Waals surface area contributed by atoms with Crippen molar-refractivity contribution in [3.8, 4) is 28.1 Å². The van der Waals surface area contributed by atoms with Gasteiger partial charge < -0.3 is 25.4 Å². The number of rotatable bonds is 2. The molecule has 174 valence electrons. The molecule has 0 bridgehead atoms. The molecule has 0 aliphatic carbocycles. The van der Waals surface area contributed by atoms with E-state index in [1.807, 2.05) is 24.3 Å². The summed E-state index contributed by atoms with van der Waals surface area (Å²) in [5.41, 5.74) is 11.2. The van der Waals surface area contributed by atoms with Crippen molar-refractivity contribution < 1.29 is 14.6 Å². The number of nitrogens with zero attached hydrogens (tertiary/aromatic N) is 4. The Hall–Kier alpha value is -3.81. The Morgan fingerprint density at radius 3 is 2.76 bits per heavy atom. The molecule has 0 radical (unpaired) electrons. The second-order valence-corrected chi connectivity index (χ2v) is 9.26. The zero-order valence-electron chi connectivity index (χ0n) is 18.9. The first kappa shape index (κ1) is 20.8. The summed E-state index contributed by atoms with van der Waals surface area (Å²) in [7, 11) is 0. The molecule has 3 aromatic rings. The fourth-order valence-electron chi connectivity index (χ4n) is 5.71. The SMILES string of the molecule is Nc1nc2c(c(N3CC4CCCN(C(=O)O)C4C3)n1)CCOc1cc(-c3ccccc3)ccc1-2. The van der Waals surface area contributed by atoms with Gasteiger partial charge in [-0.2, -0.15) is 4.98 Å². The predicted molar refractivity (Wildman–Crippen MR) is 130 cm³/mol. The van der Waals surface area contributed by atoms with E-state index in [1.165, 1.54) is 0 Å². The number of carbonyl (C=O) groups is 1. The van der Waals surface area contributed by atoms with Crippen LogP contribution in [-0.4, -0.2) is 58.4 Å². The third kappa shape index (κ3) is 3.50. The minimum atomic E-state index is -0.839. The summed E-state index contributed by atoms with van der Waals surface area (Å²) in [5.74, 6) is 2.13. The van der Waals surface area contributed by atoms with Crippen LogP contribution in [0.4, 0.5) is 16.6 Å². The molecule has 8 heteroatoms. The highest BCUT2D eigenvalue weighted by atomic mass is 16.5. The van der Waals surface area contributed by atoms with E-state index in [0.717, 1.165) is 58.9 Å². The summed E-state index contributed by atoms with van der Waals surface area (Å²) in [5, 5.41) is 9.67. The van der Waals surface area contributed by atoms with Crippen molar-refractivity contribution in [2.75, 3.05) is 36.9 Å². The van der Waals surface area contributed by atoms with Crippen LogP contribution in [0.25, 0.3) is 22.4 Å². The quantitative estimate of drug-likeness (QED) is 0.601. The number of nitrogen functional groups attached to an aromatic ring is 1. The average molecular weight is 458 g/mol. The average Bonchev–Trinajstić information content (AvgIpc) is 3.20. The highest BCUT2D eigenvalue weighted by molar-refractivity contribution is 5.79. The molecule has 1 aromatic heterocycles. The van der Waals surface area contributed by atoms with Crippen LogP contribution in [0.2, 0.25) is 0 Å². The number of piperidine rings is 1. The summed E-state index contributed by atoms with van der Waals surface area (Å²) < 4.78 is 6.18. The number of nitrogens with two attached hydrogens (primary N) is 1. The molecule has 0 saturated carbocycles. The van der Waals surface area contributed by atoms with Crippen molar-refractivity contribution in [2.45, 2.75) is 25.3 Å². The first-order valence-electron chi connectivity index (χ1n) is 11.8. The van der Waals surface area contributed by atoms with Gasteiger partial charge in [0.25, 0.3) is 0 Å². The molecular formula is C26H27N5O3. The largest absolute Gasteiger partial charge is 0.493 e. The van der Waals surface area contributed by atoms with E-state index in [2.05, 4.69) is 39.1 Å². The lowest BCUT2D eigenvalue weighted by atomic mass is 9.92. The van der Waals surface area contributed by atoms with Gasteiger partial charge in [0, 0.05) is 37.2 Å². The van der Waals surface area contributed by atoms with Crippen LogP contribution < -0.4 is 15.4 Å². The Bertz CT molecular complexity index is 1250. The number of amides is 1. The number of likely N-dealkylation sites (tertiary alicyclic amines) is 1. The molecule has 3 aliphatic rings. The number of anilines is 2. The molecule has 34 heavy (non-hydrogen) atoms. The third-order valence-electron chi connectivity index (χ3n) is 7.28. The fourth-order valence-corrected chi connectivity index (χ4v) is 5.71. The van der Waals surface area contributed by atoms with Crippen LogP contribution in [0.5, 0.6) is 5.75 Å². The summed E-state index contributed by atoms with van der Waals surface area (Å²) in [6, 6.07) is 16.4. The minimum Gasteiger partial charge on any atom is -0.493 e. The van der Waals surface area contributed by atoms with Crippen LogP contribution in [0.15, 0.2) is 48.5 Å². The van der Waals surface area contributed by atoms with Crippen LogP contribution in [0.1, 0.15) is 18.4 Å². The molecule has 3 N–H and O–H groups in total.